The molecule has 2 aromatic rings. The minimum atomic E-state index is -0.422. The maximum absolute atomic E-state index is 12.9. The van der Waals surface area contributed by atoms with E-state index in [0.29, 0.717) is 56.8 Å². The van der Waals surface area contributed by atoms with Crippen molar-refractivity contribution in [1.82, 2.24) is 24.8 Å². The van der Waals surface area contributed by atoms with Gasteiger partial charge in [0.1, 0.15) is 5.76 Å². The van der Waals surface area contributed by atoms with Crippen LogP contribution in [0.3, 0.4) is 0 Å². The van der Waals surface area contributed by atoms with Crippen molar-refractivity contribution >= 4 is 11.8 Å². The van der Waals surface area contributed by atoms with Gasteiger partial charge >= 0.3 is 0 Å². The van der Waals surface area contributed by atoms with E-state index < -0.39 is 5.54 Å². The summed E-state index contributed by atoms with van der Waals surface area (Å²) in [5.41, 5.74) is 2.06. The third-order valence-corrected chi connectivity index (χ3v) is 5.91. The molecule has 4 rings (SSSR count). The van der Waals surface area contributed by atoms with Gasteiger partial charge in [0.05, 0.1) is 17.6 Å². The highest BCUT2D eigenvalue weighted by Gasteiger charge is 2.49. The van der Waals surface area contributed by atoms with Crippen molar-refractivity contribution in [3.63, 3.8) is 0 Å². The lowest BCUT2D eigenvalue weighted by atomic mass is 9.78. The molecule has 0 bridgehead atoms. The molecule has 0 radical (unpaired) electrons. The van der Waals surface area contributed by atoms with Crippen LogP contribution in [0.25, 0.3) is 0 Å². The highest BCUT2D eigenvalue weighted by Crippen LogP contribution is 2.42. The molecule has 8 heteroatoms. The predicted octanol–water partition coefficient (Wildman–Crippen LogP) is 1.89. The van der Waals surface area contributed by atoms with Gasteiger partial charge in [-0.05, 0) is 12.8 Å². The number of carbonyl (C=O) groups excluding carboxylic acids is 2. The molecule has 1 N–H and O–H groups in total. The first kappa shape index (κ1) is 17.8. The Morgan fingerprint density at radius 2 is 2.00 bits per heavy atom. The van der Waals surface area contributed by atoms with E-state index in [1.165, 1.54) is 6.39 Å². The Labute approximate surface area is 158 Å². The lowest BCUT2D eigenvalue weighted by molar-refractivity contribution is -0.141. The smallest absolute Gasteiger partial charge is 0.276 e. The molecule has 0 saturated carbocycles. The number of nitrogens with zero attached hydrogens (tertiary/aromatic N) is 4. The van der Waals surface area contributed by atoms with Gasteiger partial charge in [-0.2, -0.15) is 0 Å². The van der Waals surface area contributed by atoms with E-state index in [4.69, 9.17) is 4.42 Å². The number of aromatic amines is 1. The molecule has 27 heavy (non-hydrogen) atoms. The van der Waals surface area contributed by atoms with Crippen LogP contribution in [-0.2, 0) is 23.2 Å². The molecule has 1 saturated heterocycles. The molecule has 2 aliphatic heterocycles. The Bertz CT molecular complexity index is 847. The lowest BCUT2D eigenvalue weighted by Crippen LogP contribution is -2.58. The van der Waals surface area contributed by atoms with Crippen LogP contribution in [0.2, 0.25) is 0 Å². The van der Waals surface area contributed by atoms with Crippen LogP contribution in [0.15, 0.2) is 17.1 Å². The fourth-order valence-corrected chi connectivity index (χ4v) is 4.46. The monoisotopic (exact) mass is 371 g/mol. The summed E-state index contributed by atoms with van der Waals surface area (Å²) in [6.07, 6.45) is 6.31. The Hall–Kier alpha value is -2.64. The van der Waals surface area contributed by atoms with E-state index in [9.17, 15) is 9.59 Å². The summed E-state index contributed by atoms with van der Waals surface area (Å²) in [4.78, 5) is 41.2. The zero-order chi connectivity index (χ0) is 19.0. The van der Waals surface area contributed by atoms with Gasteiger partial charge in [-0.15, -0.1) is 0 Å². The predicted molar refractivity (Wildman–Crippen MR) is 97.0 cm³/mol. The fourth-order valence-electron chi connectivity index (χ4n) is 4.46. The van der Waals surface area contributed by atoms with Crippen molar-refractivity contribution in [1.29, 1.82) is 0 Å². The molecule has 2 aliphatic rings. The van der Waals surface area contributed by atoms with Crippen molar-refractivity contribution in [3.05, 3.63) is 35.6 Å². The van der Waals surface area contributed by atoms with Crippen LogP contribution in [-0.4, -0.2) is 56.2 Å². The van der Waals surface area contributed by atoms with Crippen molar-refractivity contribution in [2.45, 2.75) is 51.5 Å². The first-order valence-corrected chi connectivity index (χ1v) is 9.65. The first-order valence-electron chi connectivity index (χ1n) is 9.65. The third-order valence-electron chi connectivity index (χ3n) is 5.91. The second kappa shape index (κ2) is 6.83. The van der Waals surface area contributed by atoms with Gasteiger partial charge in [-0.1, -0.05) is 13.8 Å². The molecular formula is C19H25N5O3. The van der Waals surface area contributed by atoms with Gasteiger partial charge in [0.2, 0.25) is 5.91 Å². The van der Waals surface area contributed by atoms with Crippen molar-refractivity contribution in [2.24, 2.45) is 0 Å². The van der Waals surface area contributed by atoms with Gasteiger partial charge in [0.25, 0.3) is 5.91 Å². The topological polar surface area (TPSA) is 95.3 Å². The summed E-state index contributed by atoms with van der Waals surface area (Å²) < 4.78 is 5.31. The molecule has 0 aromatic carbocycles. The fraction of sp³-hybridized carbons (Fsp3) is 0.579. The minimum absolute atomic E-state index is 0.0955. The van der Waals surface area contributed by atoms with Crippen LogP contribution in [0, 0.1) is 0 Å². The van der Waals surface area contributed by atoms with Gasteiger partial charge in [-0.3, -0.25) is 9.59 Å². The largest absolute Gasteiger partial charge is 0.448 e. The van der Waals surface area contributed by atoms with Gasteiger partial charge in [0, 0.05) is 44.6 Å². The summed E-state index contributed by atoms with van der Waals surface area (Å²) >= 11 is 0. The molecule has 2 amide bonds. The number of H-pyrrole nitrogens is 1. The molecule has 0 aliphatic carbocycles. The number of fused-ring (bicyclic) bond motifs is 2. The molecule has 0 unspecified atom stereocenters. The van der Waals surface area contributed by atoms with Crippen LogP contribution in [0.1, 0.15) is 60.7 Å². The number of oxazole rings is 1. The number of likely N-dealkylation sites (tertiary alicyclic amines) is 1. The molecule has 0 atom stereocenters. The van der Waals surface area contributed by atoms with Crippen LogP contribution < -0.4 is 0 Å². The molecular weight excluding hydrogens is 346 g/mol. The normalized spacial score (nSPS) is 18.6. The molecule has 4 heterocycles. The van der Waals surface area contributed by atoms with E-state index in [1.54, 1.807) is 6.33 Å². The number of aromatic nitrogens is 3. The third kappa shape index (κ3) is 2.74. The number of aryl methyl sites for hydroxylation is 1. The Morgan fingerprint density at radius 3 is 2.70 bits per heavy atom. The molecule has 1 spiro atoms. The van der Waals surface area contributed by atoms with E-state index in [-0.39, 0.29) is 11.8 Å². The highest BCUT2D eigenvalue weighted by molar-refractivity contribution is 5.93. The average molecular weight is 371 g/mol. The first-order chi connectivity index (χ1) is 13.1. The summed E-state index contributed by atoms with van der Waals surface area (Å²) in [6.45, 7) is 5.66. The number of carbonyl (C=O) groups is 2. The van der Waals surface area contributed by atoms with Crippen molar-refractivity contribution < 1.29 is 14.0 Å². The van der Waals surface area contributed by atoms with Gasteiger partial charge in [-0.25, -0.2) is 9.97 Å². The Balaban J connectivity index is 1.59. The number of hydrogen-bond acceptors (Lipinski definition) is 5. The van der Waals surface area contributed by atoms with Crippen molar-refractivity contribution in [2.75, 3.05) is 19.6 Å². The maximum Gasteiger partial charge on any atom is 0.276 e. The second-order valence-corrected chi connectivity index (χ2v) is 7.18. The summed E-state index contributed by atoms with van der Waals surface area (Å²) in [6, 6.07) is 0. The van der Waals surface area contributed by atoms with Crippen LogP contribution in [0.5, 0.6) is 0 Å². The summed E-state index contributed by atoms with van der Waals surface area (Å²) in [5.74, 6) is 0.672. The van der Waals surface area contributed by atoms with Crippen molar-refractivity contribution in [3.8, 4) is 0 Å². The summed E-state index contributed by atoms with van der Waals surface area (Å²) in [7, 11) is 0. The zero-order valence-electron chi connectivity index (χ0n) is 15.8. The van der Waals surface area contributed by atoms with Gasteiger partial charge in [0.15, 0.2) is 12.1 Å². The number of amides is 2. The lowest BCUT2D eigenvalue weighted by Gasteiger charge is -2.50. The van der Waals surface area contributed by atoms with Gasteiger partial charge < -0.3 is 19.2 Å². The average Bonchev–Trinajstić information content (AvgIpc) is 3.37. The molecule has 2 aromatic heterocycles. The molecule has 144 valence electrons. The number of hydrogen-bond donors (Lipinski definition) is 1. The number of rotatable bonds is 3. The number of imidazole rings is 1. The number of nitrogens with one attached hydrogen (secondary N) is 1. The van der Waals surface area contributed by atoms with E-state index >= 15 is 0 Å². The minimum Gasteiger partial charge on any atom is -0.448 e. The van der Waals surface area contributed by atoms with Crippen LogP contribution in [0.4, 0.5) is 0 Å². The SMILES string of the molecule is CCC(=O)N1CCc2[nH]cnc2C12CCN(C(=O)c1ncoc1CC)CC2. The standard InChI is InChI=1S/C19H25N5O3/c1-3-14-16(22-12-27-14)18(26)23-9-6-19(7-10-23)17-13(20-11-21-17)5-8-24(19)15(25)4-2/h11-12H,3-10H2,1-2H3,(H,20,21). The number of piperidine rings is 1. The highest BCUT2D eigenvalue weighted by atomic mass is 16.3. The maximum atomic E-state index is 12.9. The quantitative estimate of drug-likeness (QED) is 0.889. The van der Waals surface area contributed by atoms with E-state index in [2.05, 4.69) is 15.0 Å². The van der Waals surface area contributed by atoms with E-state index in [1.807, 2.05) is 23.6 Å². The Morgan fingerprint density at radius 1 is 1.22 bits per heavy atom. The molecule has 1 fully saturated rings. The molecule has 8 nitrogen and oxygen atoms in total. The van der Waals surface area contributed by atoms with E-state index in [0.717, 1.165) is 17.8 Å². The second-order valence-electron chi connectivity index (χ2n) is 7.18. The Kier molecular flexibility index (Phi) is 4.49. The van der Waals surface area contributed by atoms with Crippen LogP contribution >= 0.6 is 0 Å². The zero-order valence-corrected chi connectivity index (χ0v) is 15.8. The summed E-state index contributed by atoms with van der Waals surface area (Å²) in [5, 5.41) is 0.